The first-order valence-electron chi connectivity index (χ1n) is 4.28. The number of hydrogen-bond donors (Lipinski definition) is 1. The van der Waals surface area contributed by atoms with Crippen molar-refractivity contribution < 1.29 is 8.76 Å². The first kappa shape index (κ1) is 10.0. The maximum absolute atomic E-state index is 11.0. The molecule has 0 saturated carbocycles. The van der Waals surface area contributed by atoms with Gasteiger partial charge in [0.05, 0.1) is 11.4 Å². The smallest absolute Gasteiger partial charge is 0.186 e. The van der Waals surface area contributed by atoms with Gasteiger partial charge < -0.3 is 4.55 Å². The SMILES string of the molecule is O=S(O)c1ccccc1Cn1cncn1. The van der Waals surface area contributed by atoms with E-state index in [2.05, 4.69) is 10.1 Å². The second kappa shape index (κ2) is 4.33. The molecule has 2 rings (SSSR count). The first-order valence-corrected chi connectivity index (χ1v) is 5.39. The van der Waals surface area contributed by atoms with Crippen LogP contribution >= 0.6 is 0 Å². The standard InChI is InChI=1S/C9H9N3O2S/c13-15(14)9-4-2-1-3-8(9)5-12-7-10-6-11-12/h1-4,6-7H,5H2,(H,13,14). The summed E-state index contributed by atoms with van der Waals surface area (Å²) in [7, 11) is 0. The van der Waals surface area contributed by atoms with Crippen molar-refractivity contribution in [3.63, 3.8) is 0 Å². The van der Waals surface area contributed by atoms with Crippen LogP contribution in [0.25, 0.3) is 0 Å². The maximum Gasteiger partial charge on any atom is 0.186 e. The number of nitrogens with zero attached hydrogens (tertiary/aromatic N) is 3. The molecular formula is C9H9N3O2S. The fourth-order valence-electron chi connectivity index (χ4n) is 1.29. The molecule has 5 nitrogen and oxygen atoms in total. The molecular weight excluding hydrogens is 214 g/mol. The zero-order valence-electron chi connectivity index (χ0n) is 7.78. The van der Waals surface area contributed by atoms with E-state index in [4.69, 9.17) is 4.55 Å². The van der Waals surface area contributed by atoms with Crippen molar-refractivity contribution in [2.75, 3.05) is 0 Å². The van der Waals surface area contributed by atoms with Crippen molar-refractivity contribution in [2.45, 2.75) is 11.4 Å². The number of hydrogen-bond acceptors (Lipinski definition) is 3. The molecule has 1 aromatic heterocycles. The highest BCUT2D eigenvalue weighted by Crippen LogP contribution is 2.12. The molecule has 1 heterocycles. The van der Waals surface area contributed by atoms with Gasteiger partial charge in [-0.05, 0) is 11.6 Å². The molecule has 15 heavy (non-hydrogen) atoms. The normalized spacial score (nSPS) is 12.6. The Balaban J connectivity index is 2.32. The summed E-state index contributed by atoms with van der Waals surface area (Å²) in [5.41, 5.74) is 0.767. The largest absolute Gasteiger partial charge is 0.302 e. The van der Waals surface area contributed by atoms with Gasteiger partial charge in [-0.15, -0.1) is 0 Å². The highest BCUT2D eigenvalue weighted by atomic mass is 32.2. The predicted molar refractivity (Wildman–Crippen MR) is 54.6 cm³/mol. The lowest BCUT2D eigenvalue weighted by atomic mass is 10.2. The van der Waals surface area contributed by atoms with E-state index in [9.17, 15) is 4.21 Å². The third-order valence-corrected chi connectivity index (χ3v) is 2.73. The van der Waals surface area contributed by atoms with Crippen LogP contribution in [-0.4, -0.2) is 23.5 Å². The van der Waals surface area contributed by atoms with Gasteiger partial charge in [0.15, 0.2) is 11.1 Å². The van der Waals surface area contributed by atoms with Gasteiger partial charge in [-0.2, -0.15) is 5.10 Å². The van der Waals surface area contributed by atoms with Crippen LogP contribution in [0, 0.1) is 0 Å². The summed E-state index contributed by atoms with van der Waals surface area (Å²) in [6.45, 7) is 0.447. The molecule has 1 aromatic carbocycles. The minimum atomic E-state index is -1.96. The number of rotatable bonds is 3. The van der Waals surface area contributed by atoms with E-state index in [0.29, 0.717) is 11.4 Å². The van der Waals surface area contributed by atoms with Gasteiger partial charge >= 0.3 is 0 Å². The van der Waals surface area contributed by atoms with Gasteiger partial charge in [0.1, 0.15) is 12.7 Å². The Morgan fingerprint density at radius 1 is 1.40 bits per heavy atom. The molecule has 1 N–H and O–H groups in total. The van der Waals surface area contributed by atoms with Crippen LogP contribution < -0.4 is 0 Å². The van der Waals surface area contributed by atoms with Gasteiger partial charge in [0.2, 0.25) is 0 Å². The second-order valence-corrected chi connectivity index (χ2v) is 3.89. The zero-order valence-corrected chi connectivity index (χ0v) is 8.59. The highest BCUT2D eigenvalue weighted by molar-refractivity contribution is 7.79. The van der Waals surface area contributed by atoms with Crippen molar-refractivity contribution in [3.8, 4) is 0 Å². The van der Waals surface area contributed by atoms with E-state index in [0.717, 1.165) is 5.56 Å². The van der Waals surface area contributed by atoms with Gasteiger partial charge in [-0.1, -0.05) is 18.2 Å². The van der Waals surface area contributed by atoms with Crippen LogP contribution in [-0.2, 0) is 17.6 Å². The van der Waals surface area contributed by atoms with Crippen LogP contribution in [0.3, 0.4) is 0 Å². The van der Waals surface area contributed by atoms with Gasteiger partial charge in [-0.3, -0.25) is 0 Å². The Kier molecular flexibility index (Phi) is 2.89. The molecule has 1 atom stereocenters. The molecule has 0 saturated heterocycles. The Hall–Kier alpha value is -1.53. The van der Waals surface area contributed by atoms with Crippen LogP contribution in [0.1, 0.15) is 5.56 Å². The van der Waals surface area contributed by atoms with Crippen molar-refractivity contribution in [1.82, 2.24) is 14.8 Å². The van der Waals surface area contributed by atoms with E-state index >= 15 is 0 Å². The van der Waals surface area contributed by atoms with Crippen LogP contribution in [0.15, 0.2) is 41.8 Å². The summed E-state index contributed by atoms with van der Waals surface area (Å²) in [4.78, 5) is 4.22. The summed E-state index contributed by atoms with van der Waals surface area (Å²) < 4.78 is 21.7. The maximum atomic E-state index is 11.0. The predicted octanol–water partition coefficient (Wildman–Crippen LogP) is 0.907. The van der Waals surface area contributed by atoms with Crippen molar-refractivity contribution in [1.29, 1.82) is 0 Å². The Morgan fingerprint density at radius 3 is 2.87 bits per heavy atom. The molecule has 0 fully saturated rings. The minimum Gasteiger partial charge on any atom is -0.302 e. The number of benzene rings is 1. The van der Waals surface area contributed by atoms with Crippen LogP contribution in [0.4, 0.5) is 0 Å². The second-order valence-electron chi connectivity index (χ2n) is 2.95. The number of aromatic nitrogens is 3. The molecule has 0 bridgehead atoms. The van der Waals surface area contributed by atoms with Crippen molar-refractivity contribution in [2.24, 2.45) is 0 Å². The van der Waals surface area contributed by atoms with E-state index in [-0.39, 0.29) is 0 Å². The average Bonchev–Trinajstić information content (AvgIpc) is 2.71. The van der Waals surface area contributed by atoms with E-state index in [1.165, 1.54) is 6.33 Å². The van der Waals surface area contributed by atoms with E-state index in [1.54, 1.807) is 29.2 Å². The Morgan fingerprint density at radius 2 is 2.20 bits per heavy atom. The van der Waals surface area contributed by atoms with Crippen LogP contribution in [0.5, 0.6) is 0 Å². The van der Waals surface area contributed by atoms with Crippen LogP contribution in [0.2, 0.25) is 0 Å². The molecule has 0 radical (unpaired) electrons. The lowest BCUT2D eigenvalue weighted by molar-refractivity contribution is 0.561. The molecule has 78 valence electrons. The molecule has 0 aliphatic carbocycles. The Bertz CT molecular complexity index is 470. The monoisotopic (exact) mass is 223 g/mol. The Labute approximate surface area is 89.1 Å². The molecule has 2 aromatic rings. The first-order chi connectivity index (χ1) is 7.27. The molecule has 0 amide bonds. The van der Waals surface area contributed by atoms with Crippen molar-refractivity contribution >= 4 is 11.1 Å². The van der Waals surface area contributed by atoms with Gasteiger partial charge in [-0.25, -0.2) is 13.9 Å². The fourth-order valence-corrected chi connectivity index (χ4v) is 1.85. The molecule has 6 heteroatoms. The summed E-state index contributed by atoms with van der Waals surface area (Å²) in [5.74, 6) is 0. The summed E-state index contributed by atoms with van der Waals surface area (Å²) in [6.07, 6.45) is 3.00. The average molecular weight is 223 g/mol. The third-order valence-electron chi connectivity index (χ3n) is 1.96. The van der Waals surface area contributed by atoms with E-state index in [1.807, 2.05) is 6.07 Å². The third kappa shape index (κ3) is 2.28. The molecule has 0 spiro atoms. The molecule has 0 aliphatic rings. The van der Waals surface area contributed by atoms with Crippen molar-refractivity contribution in [3.05, 3.63) is 42.5 Å². The molecule has 1 unspecified atom stereocenters. The quantitative estimate of drug-likeness (QED) is 0.785. The van der Waals surface area contributed by atoms with Gasteiger partial charge in [0.25, 0.3) is 0 Å². The zero-order chi connectivity index (χ0) is 10.7. The summed E-state index contributed by atoms with van der Waals surface area (Å²) >= 11 is -1.96. The minimum absolute atomic E-state index is 0.410. The topological polar surface area (TPSA) is 68.0 Å². The van der Waals surface area contributed by atoms with E-state index < -0.39 is 11.1 Å². The highest BCUT2D eigenvalue weighted by Gasteiger charge is 2.07. The van der Waals surface area contributed by atoms with Gasteiger partial charge in [0, 0.05) is 0 Å². The summed E-state index contributed by atoms with van der Waals surface area (Å²) in [5, 5.41) is 3.94. The molecule has 0 aliphatic heterocycles. The summed E-state index contributed by atoms with van der Waals surface area (Å²) in [6, 6.07) is 6.98. The lowest BCUT2D eigenvalue weighted by Crippen LogP contribution is -2.04. The lowest BCUT2D eigenvalue weighted by Gasteiger charge is -2.05. The fraction of sp³-hybridized carbons (Fsp3) is 0.111.